The normalized spacial score (nSPS) is 11.4. The standard InChI is InChI=1S/C15H15FN2/c1-10-7-14-15(17-9-10)12-5-4-11(3-2-6-16)8-13(12)18-14/h4-5,7-9,18H,2-3,6H2,1H3. The second-order valence-electron chi connectivity index (χ2n) is 4.71. The number of benzene rings is 1. The first kappa shape index (κ1) is 11.2. The van der Waals surface area contributed by atoms with Gasteiger partial charge in [-0.25, -0.2) is 0 Å². The van der Waals surface area contributed by atoms with Crippen molar-refractivity contribution in [2.24, 2.45) is 0 Å². The van der Waals surface area contributed by atoms with Crippen molar-refractivity contribution < 1.29 is 4.39 Å². The van der Waals surface area contributed by atoms with Crippen LogP contribution < -0.4 is 0 Å². The average Bonchev–Trinajstić information content (AvgIpc) is 2.72. The van der Waals surface area contributed by atoms with E-state index < -0.39 is 0 Å². The summed E-state index contributed by atoms with van der Waals surface area (Å²) < 4.78 is 12.2. The quantitative estimate of drug-likeness (QED) is 0.740. The number of hydrogen-bond acceptors (Lipinski definition) is 1. The minimum absolute atomic E-state index is 0.258. The van der Waals surface area contributed by atoms with Crippen LogP contribution in [0.15, 0.2) is 30.5 Å². The highest BCUT2D eigenvalue weighted by Crippen LogP contribution is 2.25. The Morgan fingerprint density at radius 1 is 1.22 bits per heavy atom. The number of aryl methyl sites for hydroxylation is 2. The number of halogens is 1. The van der Waals surface area contributed by atoms with E-state index >= 15 is 0 Å². The molecule has 3 rings (SSSR count). The number of hydrogen-bond donors (Lipinski definition) is 1. The van der Waals surface area contributed by atoms with Crippen LogP contribution in [0.4, 0.5) is 4.39 Å². The van der Waals surface area contributed by atoms with Gasteiger partial charge in [-0.3, -0.25) is 9.37 Å². The summed E-state index contributed by atoms with van der Waals surface area (Å²) in [6, 6.07) is 8.34. The van der Waals surface area contributed by atoms with Gasteiger partial charge >= 0.3 is 0 Å². The number of fused-ring (bicyclic) bond motifs is 3. The number of rotatable bonds is 3. The molecule has 0 aliphatic carbocycles. The van der Waals surface area contributed by atoms with Gasteiger partial charge in [-0.15, -0.1) is 0 Å². The molecule has 0 spiro atoms. The first-order valence-electron chi connectivity index (χ1n) is 6.21. The third-order valence-electron chi connectivity index (χ3n) is 3.23. The van der Waals surface area contributed by atoms with E-state index in [1.165, 1.54) is 5.56 Å². The summed E-state index contributed by atoms with van der Waals surface area (Å²) >= 11 is 0. The molecule has 0 amide bonds. The third kappa shape index (κ3) is 1.86. The molecule has 0 aliphatic rings. The molecule has 2 heterocycles. The Balaban J connectivity index is 2.14. The molecule has 92 valence electrons. The minimum Gasteiger partial charge on any atom is -0.353 e. The summed E-state index contributed by atoms with van der Waals surface area (Å²) in [6.07, 6.45) is 3.25. The van der Waals surface area contributed by atoms with E-state index in [0.29, 0.717) is 6.42 Å². The maximum Gasteiger partial charge on any atom is 0.0957 e. The Hall–Kier alpha value is -1.90. The second-order valence-corrected chi connectivity index (χ2v) is 4.71. The molecule has 3 heteroatoms. The summed E-state index contributed by atoms with van der Waals surface area (Å²) in [7, 11) is 0. The Morgan fingerprint density at radius 2 is 2.11 bits per heavy atom. The predicted octanol–water partition coefficient (Wildman–Crippen LogP) is 3.93. The molecule has 18 heavy (non-hydrogen) atoms. The van der Waals surface area contributed by atoms with Gasteiger partial charge in [0.25, 0.3) is 0 Å². The third-order valence-corrected chi connectivity index (χ3v) is 3.23. The molecule has 0 saturated carbocycles. The van der Waals surface area contributed by atoms with Crippen LogP contribution in [-0.2, 0) is 6.42 Å². The Morgan fingerprint density at radius 3 is 2.94 bits per heavy atom. The van der Waals surface area contributed by atoms with E-state index in [-0.39, 0.29) is 6.67 Å². The Kier molecular flexibility index (Phi) is 2.74. The molecule has 0 saturated heterocycles. The average molecular weight is 242 g/mol. The number of nitrogens with one attached hydrogen (secondary N) is 1. The van der Waals surface area contributed by atoms with Gasteiger partial charge in [0.15, 0.2) is 0 Å². The maximum atomic E-state index is 12.2. The second kappa shape index (κ2) is 4.41. The van der Waals surface area contributed by atoms with Gasteiger partial charge < -0.3 is 4.98 Å². The highest BCUT2D eigenvalue weighted by atomic mass is 19.1. The number of nitrogens with zero attached hydrogens (tertiary/aromatic N) is 1. The van der Waals surface area contributed by atoms with Gasteiger partial charge in [0.05, 0.1) is 17.7 Å². The van der Waals surface area contributed by atoms with Crippen LogP contribution in [0.1, 0.15) is 17.5 Å². The summed E-state index contributed by atoms with van der Waals surface area (Å²) in [5, 5.41) is 1.13. The zero-order valence-electron chi connectivity index (χ0n) is 10.3. The molecule has 1 aromatic carbocycles. The van der Waals surface area contributed by atoms with Crippen LogP contribution in [0.2, 0.25) is 0 Å². The maximum absolute atomic E-state index is 12.2. The fraction of sp³-hybridized carbons (Fsp3) is 0.267. The summed E-state index contributed by atoms with van der Waals surface area (Å²) in [5.74, 6) is 0. The van der Waals surface area contributed by atoms with E-state index in [2.05, 4.69) is 34.2 Å². The topological polar surface area (TPSA) is 28.7 Å². The van der Waals surface area contributed by atoms with E-state index in [1.807, 2.05) is 13.1 Å². The molecule has 2 aromatic heterocycles. The van der Waals surface area contributed by atoms with E-state index in [9.17, 15) is 4.39 Å². The smallest absolute Gasteiger partial charge is 0.0957 e. The monoisotopic (exact) mass is 242 g/mol. The minimum atomic E-state index is -0.258. The molecule has 0 unspecified atom stereocenters. The van der Waals surface area contributed by atoms with Crippen molar-refractivity contribution in [1.82, 2.24) is 9.97 Å². The molecule has 0 atom stereocenters. The number of alkyl halides is 1. The molecular weight excluding hydrogens is 227 g/mol. The van der Waals surface area contributed by atoms with Gasteiger partial charge in [-0.05, 0) is 43.0 Å². The van der Waals surface area contributed by atoms with Crippen LogP contribution in [0.25, 0.3) is 21.9 Å². The fourth-order valence-electron chi connectivity index (χ4n) is 2.35. The molecule has 2 nitrogen and oxygen atoms in total. The molecule has 0 radical (unpaired) electrons. The zero-order valence-corrected chi connectivity index (χ0v) is 10.3. The van der Waals surface area contributed by atoms with E-state index in [0.717, 1.165) is 33.9 Å². The number of H-pyrrole nitrogens is 1. The number of aromatic nitrogens is 2. The van der Waals surface area contributed by atoms with Crippen molar-refractivity contribution in [3.8, 4) is 0 Å². The van der Waals surface area contributed by atoms with Crippen molar-refractivity contribution in [2.45, 2.75) is 19.8 Å². The lowest BCUT2D eigenvalue weighted by Crippen LogP contribution is -1.86. The van der Waals surface area contributed by atoms with Gasteiger partial charge in [-0.1, -0.05) is 12.1 Å². The molecule has 0 aliphatic heterocycles. The van der Waals surface area contributed by atoms with Crippen molar-refractivity contribution in [1.29, 1.82) is 0 Å². The highest BCUT2D eigenvalue weighted by molar-refractivity contribution is 6.04. The molecule has 1 N–H and O–H groups in total. The first-order chi connectivity index (χ1) is 8.78. The Bertz CT molecular complexity index is 700. The van der Waals surface area contributed by atoms with Crippen LogP contribution >= 0.6 is 0 Å². The van der Waals surface area contributed by atoms with Gasteiger partial charge in [0.2, 0.25) is 0 Å². The lowest BCUT2D eigenvalue weighted by molar-refractivity contribution is 0.473. The van der Waals surface area contributed by atoms with Crippen LogP contribution in [-0.4, -0.2) is 16.6 Å². The van der Waals surface area contributed by atoms with Crippen molar-refractivity contribution in [2.75, 3.05) is 6.67 Å². The van der Waals surface area contributed by atoms with Crippen LogP contribution in [0, 0.1) is 6.92 Å². The fourth-order valence-corrected chi connectivity index (χ4v) is 2.35. The zero-order chi connectivity index (χ0) is 12.5. The summed E-state index contributed by atoms with van der Waals surface area (Å²) in [4.78, 5) is 7.85. The van der Waals surface area contributed by atoms with Crippen molar-refractivity contribution in [3.05, 3.63) is 41.6 Å². The molecule has 0 bridgehead atoms. The van der Waals surface area contributed by atoms with Crippen LogP contribution in [0.3, 0.4) is 0 Å². The molecule has 0 fully saturated rings. The van der Waals surface area contributed by atoms with Crippen molar-refractivity contribution in [3.63, 3.8) is 0 Å². The van der Waals surface area contributed by atoms with Crippen molar-refractivity contribution >= 4 is 21.9 Å². The lowest BCUT2D eigenvalue weighted by Gasteiger charge is -1.98. The summed E-state index contributed by atoms with van der Waals surface area (Å²) in [6.45, 7) is 1.77. The van der Waals surface area contributed by atoms with Gasteiger partial charge in [-0.2, -0.15) is 0 Å². The predicted molar refractivity (Wildman–Crippen MR) is 72.6 cm³/mol. The largest absolute Gasteiger partial charge is 0.353 e. The van der Waals surface area contributed by atoms with E-state index in [1.54, 1.807) is 0 Å². The Labute approximate surface area is 105 Å². The van der Waals surface area contributed by atoms with Gasteiger partial charge in [0, 0.05) is 17.1 Å². The number of pyridine rings is 1. The van der Waals surface area contributed by atoms with Crippen LogP contribution in [0.5, 0.6) is 0 Å². The SMILES string of the molecule is Cc1cnc2c(c1)[nH]c1cc(CCCF)ccc12. The molecular formula is C15H15FN2. The van der Waals surface area contributed by atoms with E-state index in [4.69, 9.17) is 0 Å². The highest BCUT2D eigenvalue weighted by Gasteiger charge is 2.06. The lowest BCUT2D eigenvalue weighted by atomic mass is 10.1. The first-order valence-corrected chi connectivity index (χ1v) is 6.21. The molecule has 3 aromatic rings. The number of aromatic amines is 1. The van der Waals surface area contributed by atoms with Gasteiger partial charge in [0.1, 0.15) is 0 Å². The summed E-state index contributed by atoms with van der Waals surface area (Å²) in [5.41, 5.74) is 5.47.